The second kappa shape index (κ2) is 6.17. The van der Waals surface area contributed by atoms with Crippen LogP contribution in [0, 0.1) is 5.92 Å². The third kappa shape index (κ3) is 3.33. The molecule has 0 aliphatic heterocycles. The monoisotopic (exact) mass is 265 g/mol. The molecule has 0 saturated heterocycles. The van der Waals surface area contributed by atoms with Gasteiger partial charge in [0.05, 0.1) is 18.0 Å². The Balaban J connectivity index is 1.90. The molecule has 1 heterocycles. The minimum absolute atomic E-state index is 0.0841. The van der Waals surface area contributed by atoms with Gasteiger partial charge in [-0.25, -0.2) is 4.68 Å². The lowest BCUT2D eigenvalue weighted by molar-refractivity contribution is -0.143. The van der Waals surface area contributed by atoms with Crippen LogP contribution < -0.4 is 0 Å². The van der Waals surface area contributed by atoms with E-state index in [0.29, 0.717) is 25.0 Å². The molecule has 5 nitrogen and oxygen atoms in total. The maximum absolute atomic E-state index is 11.4. The van der Waals surface area contributed by atoms with Gasteiger partial charge in [0.1, 0.15) is 0 Å². The van der Waals surface area contributed by atoms with E-state index in [9.17, 15) is 4.79 Å². The number of hydrogen-bond acceptors (Lipinski definition) is 4. The van der Waals surface area contributed by atoms with Crippen LogP contribution in [0.25, 0.3) is 0 Å². The highest BCUT2D eigenvalue weighted by Gasteiger charge is 2.25. The van der Waals surface area contributed by atoms with Gasteiger partial charge in [0.15, 0.2) is 0 Å². The number of nitrogens with zero attached hydrogens (tertiary/aromatic N) is 3. The normalized spacial score (nSPS) is 18.4. The number of fused-ring (bicyclic) bond motifs is 1. The third-order valence-corrected chi connectivity index (χ3v) is 3.69. The van der Waals surface area contributed by atoms with E-state index in [1.54, 1.807) is 0 Å². The second-order valence-corrected chi connectivity index (χ2v) is 5.47. The van der Waals surface area contributed by atoms with Crippen LogP contribution in [-0.4, -0.2) is 27.6 Å². The van der Waals surface area contributed by atoms with E-state index in [-0.39, 0.29) is 5.97 Å². The average molecular weight is 265 g/mol. The van der Waals surface area contributed by atoms with Gasteiger partial charge in [-0.2, -0.15) is 0 Å². The Morgan fingerprint density at radius 2 is 2.32 bits per heavy atom. The summed E-state index contributed by atoms with van der Waals surface area (Å²) < 4.78 is 6.99. The van der Waals surface area contributed by atoms with Crippen molar-refractivity contribution in [2.45, 2.75) is 58.9 Å². The molecule has 1 aliphatic rings. The maximum Gasteiger partial charge on any atom is 0.305 e. The lowest BCUT2D eigenvalue weighted by Crippen LogP contribution is -2.18. The number of esters is 1. The van der Waals surface area contributed by atoms with Crippen molar-refractivity contribution in [2.24, 2.45) is 5.92 Å². The number of rotatable bonds is 5. The quantitative estimate of drug-likeness (QED) is 0.767. The molecular formula is C14H23N3O2. The Bertz CT molecular complexity index is 440. The first kappa shape index (κ1) is 14.0. The van der Waals surface area contributed by atoms with Crippen LogP contribution in [-0.2, 0) is 22.4 Å². The van der Waals surface area contributed by atoms with Crippen molar-refractivity contribution in [3.8, 4) is 0 Å². The minimum atomic E-state index is -0.0841. The third-order valence-electron chi connectivity index (χ3n) is 3.69. The van der Waals surface area contributed by atoms with E-state index in [1.165, 1.54) is 5.69 Å². The summed E-state index contributed by atoms with van der Waals surface area (Å²) in [5, 5.41) is 8.52. The van der Waals surface area contributed by atoms with Crippen LogP contribution in [0.15, 0.2) is 0 Å². The van der Waals surface area contributed by atoms with Gasteiger partial charge in [0, 0.05) is 12.5 Å². The molecule has 106 valence electrons. The Labute approximate surface area is 114 Å². The molecule has 0 radical (unpaired) electrons. The fraction of sp³-hybridized carbons (Fsp3) is 0.786. The molecule has 0 spiro atoms. The number of carbonyl (C=O) groups is 1. The summed E-state index contributed by atoms with van der Waals surface area (Å²) in [6.07, 6.45) is 4.50. The molecule has 1 aromatic rings. The summed E-state index contributed by atoms with van der Waals surface area (Å²) in [6.45, 7) is 6.56. The number of ether oxygens (including phenoxy) is 1. The Kier molecular flexibility index (Phi) is 4.56. The van der Waals surface area contributed by atoms with E-state index < -0.39 is 0 Å². The van der Waals surface area contributed by atoms with Crippen molar-refractivity contribution in [1.29, 1.82) is 0 Å². The highest BCUT2D eigenvalue weighted by Crippen LogP contribution is 2.28. The van der Waals surface area contributed by atoms with E-state index in [2.05, 4.69) is 24.2 Å². The molecular weight excluding hydrogens is 242 g/mol. The van der Waals surface area contributed by atoms with Crippen molar-refractivity contribution in [3.05, 3.63) is 11.4 Å². The first-order chi connectivity index (χ1) is 9.11. The average Bonchev–Trinajstić information content (AvgIpc) is 2.79. The zero-order chi connectivity index (χ0) is 13.8. The van der Waals surface area contributed by atoms with Crippen molar-refractivity contribution in [2.75, 3.05) is 6.61 Å². The molecule has 2 rings (SSSR count). The topological polar surface area (TPSA) is 57.0 Å². The summed E-state index contributed by atoms with van der Waals surface area (Å²) in [6, 6.07) is 0.368. The molecule has 5 heteroatoms. The first-order valence-corrected chi connectivity index (χ1v) is 7.20. The van der Waals surface area contributed by atoms with Crippen LogP contribution in [0.4, 0.5) is 0 Å². The zero-order valence-corrected chi connectivity index (χ0v) is 12.1. The first-order valence-electron chi connectivity index (χ1n) is 7.20. The summed E-state index contributed by atoms with van der Waals surface area (Å²) in [5.41, 5.74) is 2.40. The van der Waals surface area contributed by atoms with Crippen LogP contribution in [0.2, 0.25) is 0 Å². The summed E-state index contributed by atoms with van der Waals surface area (Å²) >= 11 is 0. The number of aromatic nitrogens is 3. The Morgan fingerprint density at radius 3 is 3.00 bits per heavy atom. The second-order valence-electron chi connectivity index (χ2n) is 5.47. The van der Waals surface area contributed by atoms with Crippen molar-refractivity contribution in [1.82, 2.24) is 15.0 Å². The molecule has 0 bridgehead atoms. The predicted molar refractivity (Wildman–Crippen MR) is 71.8 cm³/mol. The maximum atomic E-state index is 11.4. The molecule has 19 heavy (non-hydrogen) atoms. The molecule has 1 aliphatic carbocycles. The SMILES string of the molecule is CCOC(=O)CCC1CCc2c(nnn2C(C)C)C1. The summed E-state index contributed by atoms with van der Waals surface area (Å²) in [4.78, 5) is 11.4. The Morgan fingerprint density at radius 1 is 1.53 bits per heavy atom. The molecule has 0 N–H and O–H groups in total. The zero-order valence-electron chi connectivity index (χ0n) is 12.1. The molecule has 1 atom stereocenters. The van der Waals surface area contributed by atoms with E-state index >= 15 is 0 Å². The van der Waals surface area contributed by atoms with Crippen LogP contribution in [0.5, 0.6) is 0 Å². The molecule has 0 amide bonds. The van der Waals surface area contributed by atoms with Gasteiger partial charge in [-0.05, 0) is 52.4 Å². The van der Waals surface area contributed by atoms with Crippen LogP contribution in [0.3, 0.4) is 0 Å². The van der Waals surface area contributed by atoms with Crippen LogP contribution in [0.1, 0.15) is 57.5 Å². The van der Waals surface area contributed by atoms with Gasteiger partial charge in [0.25, 0.3) is 0 Å². The van der Waals surface area contributed by atoms with Crippen LogP contribution >= 0.6 is 0 Å². The Hall–Kier alpha value is -1.39. The van der Waals surface area contributed by atoms with Crippen molar-refractivity contribution in [3.63, 3.8) is 0 Å². The number of hydrogen-bond donors (Lipinski definition) is 0. The molecule has 1 aromatic heterocycles. The number of carbonyl (C=O) groups excluding carboxylic acids is 1. The van der Waals surface area contributed by atoms with E-state index in [1.807, 2.05) is 11.6 Å². The summed E-state index contributed by atoms with van der Waals surface area (Å²) in [5.74, 6) is 0.452. The standard InChI is InChI=1S/C14H23N3O2/c1-4-19-14(18)8-6-11-5-7-13-12(9-11)15-16-17(13)10(2)3/h10-11H,4-9H2,1-3H3. The van der Waals surface area contributed by atoms with Crippen molar-refractivity contribution >= 4 is 5.97 Å². The molecule has 1 unspecified atom stereocenters. The van der Waals surface area contributed by atoms with Gasteiger partial charge in [-0.15, -0.1) is 5.10 Å². The lowest BCUT2D eigenvalue weighted by atomic mass is 9.86. The lowest BCUT2D eigenvalue weighted by Gasteiger charge is -2.22. The molecule has 0 aromatic carbocycles. The van der Waals surface area contributed by atoms with Gasteiger partial charge in [0.2, 0.25) is 0 Å². The molecule has 0 fully saturated rings. The predicted octanol–water partition coefficient (Wildman–Crippen LogP) is 2.31. The minimum Gasteiger partial charge on any atom is -0.466 e. The van der Waals surface area contributed by atoms with Crippen molar-refractivity contribution < 1.29 is 9.53 Å². The van der Waals surface area contributed by atoms with Gasteiger partial charge < -0.3 is 4.74 Å². The molecule has 0 saturated carbocycles. The fourth-order valence-electron chi connectivity index (χ4n) is 2.70. The highest BCUT2D eigenvalue weighted by molar-refractivity contribution is 5.69. The van der Waals surface area contributed by atoms with E-state index in [4.69, 9.17) is 4.74 Å². The highest BCUT2D eigenvalue weighted by atomic mass is 16.5. The largest absolute Gasteiger partial charge is 0.466 e. The van der Waals surface area contributed by atoms with Gasteiger partial charge in [-0.1, -0.05) is 5.21 Å². The summed E-state index contributed by atoms with van der Waals surface area (Å²) in [7, 11) is 0. The van der Waals surface area contributed by atoms with Gasteiger partial charge >= 0.3 is 5.97 Å². The van der Waals surface area contributed by atoms with Gasteiger partial charge in [-0.3, -0.25) is 4.79 Å². The fourth-order valence-corrected chi connectivity index (χ4v) is 2.70. The smallest absolute Gasteiger partial charge is 0.305 e. The van der Waals surface area contributed by atoms with E-state index in [0.717, 1.165) is 31.4 Å².